The smallest absolute Gasteiger partial charge is 0.323 e. The van der Waals surface area contributed by atoms with Gasteiger partial charge in [0.2, 0.25) is 0 Å². The van der Waals surface area contributed by atoms with E-state index in [1.165, 1.54) is 5.57 Å². The summed E-state index contributed by atoms with van der Waals surface area (Å²) in [7, 11) is 2.06. The lowest BCUT2D eigenvalue weighted by molar-refractivity contribution is -0.151. The van der Waals surface area contributed by atoms with Crippen molar-refractivity contribution in [2.75, 3.05) is 31.8 Å². The second kappa shape index (κ2) is 11.7. The predicted molar refractivity (Wildman–Crippen MR) is 129 cm³/mol. The topological polar surface area (TPSA) is 42.0 Å². The van der Waals surface area contributed by atoms with Gasteiger partial charge in [0.05, 0.1) is 25.9 Å². The number of carbonyl (C=O) groups excluding carboxylic acids is 1. The largest absolute Gasteiger partial charge is 0.465 e. The first-order valence-electron chi connectivity index (χ1n) is 11.2. The third-order valence-corrected chi connectivity index (χ3v) is 5.97. The van der Waals surface area contributed by atoms with Gasteiger partial charge >= 0.3 is 5.97 Å². The Morgan fingerprint density at radius 3 is 2.44 bits per heavy atom. The molecule has 0 amide bonds. The predicted octanol–water partition coefficient (Wildman–Crippen LogP) is 4.81. The molecule has 0 bridgehead atoms. The Bertz CT molecular complexity index is 911. The Morgan fingerprint density at radius 1 is 1.16 bits per heavy atom. The molecule has 5 heteroatoms. The Balaban J connectivity index is 2.02. The SMILES string of the molecule is C=CCOC[C@@H]1C(C)=C(N(C)c2ccccc2)C[C@@H](C(=O)OCC)N1Cc1ccccc1. The van der Waals surface area contributed by atoms with Gasteiger partial charge in [0.15, 0.2) is 0 Å². The fraction of sp³-hybridized carbons (Fsp3) is 0.370. The average molecular weight is 435 g/mol. The number of carbonyl (C=O) groups is 1. The molecule has 32 heavy (non-hydrogen) atoms. The third kappa shape index (κ3) is 5.67. The standard InChI is InChI=1S/C27H34N2O3/c1-5-17-31-20-26-21(3)24(28(4)23-15-11-8-12-16-23)18-25(27(30)32-6-2)29(26)19-22-13-9-7-10-14-22/h5,7-16,25-26H,1,6,17-20H2,2-4H3/t25-,26+/m0/s1. The normalized spacial score (nSPS) is 19.0. The van der Waals surface area contributed by atoms with E-state index in [-0.39, 0.29) is 12.0 Å². The van der Waals surface area contributed by atoms with Crippen molar-refractivity contribution in [3.8, 4) is 0 Å². The van der Waals surface area contributed by atoms with E-state index >= 15 is 0 Å². The summed E-state index contributed by atoms with van der Waals surface area (Å²) in [5.74, 6) is -0.191. The summed E-state index contributed by atoms with van der Waals surface area (Å²) >= 11 is 0. The van der Waals surface area contributed by atoms with Gasteiger partial charge in [-0.2, -0.15) is 0 Å². The minimum Gasteiger partial charge on any atom is -0.465 e. The lowest BCUT2D eigenvalue weighted by atomic mass is 9.91. The van der Waals surface area contributed by atoms with Crippen molar-refractivity contribution in [1.82, 2.24) is 4.90 Å². The van der Waals surface area contributed by atoms with Gasteiger partial charge in [-0.05, 0) is 37.1 Å². The molecule has 0 saturated heterocycles. The fourth-order valence-electron chi connectivity index (χ4n) is 4.28. The van der Waals surface area contributed by atoms with Gasteiger partial charge in [-0.3, -0.25) is 9.69 Å². The van der Waals surface area contributed by atoms with Crippen LogP contribution in [0.1, 0.15) is 25.8 Å². The zero-order chi connectivity index (χ0) is 22.9. The highest BCUT2D eigenvalue weighted by atomic mass is 16.5. The van der Waals surface area contributed by atoms with Crippen LogP contribution >= 0.6 is 0 Å². The van der Waals surface area contributed by atoms with E-state index in [4.69, 9.17) is 9.47 Å². The van der Waals surface area contributed by atoms with Gasteiger partial charge in [0.25, 0.3) is 0 Å². The summed E-state index contributed by atoms with van der Waals surface area (Å²) in [5.41, 5.74) is 4.58. The molecule has 0 radical (unpaired) electrons. The van der Waals surface area contributed by atoms with Crippen LogP contribution in [0.5, 0.6) is 0 Å². The van der Waals surface area contributed by atoms with Gasteiger partial charge in [0.1, 0.15) is 6.04 Å². The van der Waals surface area contributed by atoms with Crippen LogP contribution in [-0.4, -0.2) is 49.8 Å². The first-order chi connectivity index (χ1) is 15.6. The number of para-hydroxylation sites is 1. The number of rotatable bonds is 10. The summed E-state index contributed by atoms with van der Waals surface area (Å²) < 4.78 is 11.4. The minimum atomic E-state index is -0.391. The van der Waals surface area contributed by atoms with Gasteiger partial charge in [-0.1, -0.05) is 54.6 Å². The molecule has 0 fully saturated rings. The highest BCUT2D eigenvalue weighted by Gasteiger charge is 2.40. The van der Waals surface area contributed by atoms with Gasteiger partial charge in [-0.25, -0.2) is 0 Å². The van der Waals surface area contributed by atoms with Crippen LogP contribution in [0.2, 0.25) is 0 Å². The summed E-state index contributed by atoms with van der Waals surface area (Å²) in [5, 5.41) is 0. The number of hydrogen-bond donors (Lipinski definition) is 0. The van der Waals surface area contributed by atoms with Gasteiger partial charge < -0.3 is 14.4 Å². The molecule has 2 atom stereocenters. The van der Waals surface area contributed by atoms with E-state index in [1.54, 1.807) is 6.08 Å². The maximum atomic E-state index is 13.1. The van der Waals surface area contributed by atoms with Crippen LogP contribution in [0.3, 0.4) is 0 Å². The van der Waals surface area contributed by atoms with Crippen LogP contribution < -0.4 is 4.90 Å². The van der Waals surface area contributed by atoms with Crippen LogP contribution in [-0.2, 0) is 20.8 Å². The molecule has 0 unspecified atom stereocenters. The highest BCUT2D eigenvalue weighted by molar-refractivity contribution is 5.77. The molecule has 2 aromatic carbocycles. The minimum absolute atomic E-state index is 0.0560. The summed E-state index contributed by atoms with van der Waals surface area (Å²) in [6.07, 6.45) is 2.34. The molecular weight excluding hydrogens is 400 g/mol. The molecule has 170 valence electrons. The van der Waals surface area contributed by atoms with E-state index < -0.39 is 6.04 Å². The van der Waals surface area contributed by atoms with Gasteiger partial charge in [-0.15, -0.1) is 6.58 Å². The van der Waals surface area contributed by atoms with Crippen LogP contribution in [0.15, 0.2) is 84.6 Å². The second-order valence-corrected chi connectivity index (χ2v) is 8.00. The van der Waals surface area contributed by atoms with Crippen molar-refractivity contribution in [1.29, 1.82) is 0 Å². The summed E-state index contributed by atoms with van der Waals surface area (Å²) in [6.45, 7) is 9.72. The molecule has 5 nitrogen and oxygen atoms in total. The first kappa shape index (κ1) is 23.8. The van der Waals surface area contributed by atoms with Crippen molar-refractivity contribution in [2.24, 2.45) is 0 Å². The summed E-state index contributed by atoms with van der Waals surface area (Å²) in [4.78, 5) is 17.5. The second-order valence-electron chi connectivity index (χ2n) is 8.00. The first-order valence-corrected chi connectivity index (χ1v) is 11.2. The number of anilines is 1. The van der Waals surface area contributed by atoms with Crippen LogP contribution in [0.4, 0.5) is 5.69 Å². The van der Waals surface area contributed by atoms with E-state index in [9.17, 15) is 4.79 Å². The lowest BCUT2D eigenvalue weighted by Crippen LogP contribution is -2.54. The maximum Gasteiger partial charge on any atom is 0.323 e. The highest BCUT2D eigenvalue weighted by Crippen LogP contribution is 2.34. The van der Waals surface area contributed by atoms with Crippen molar-refractivity contribution < 1.29 is 14.3 Å². The van der Waals surface area contributed by atoms with E-state index in [2.05, 4.69) is 54.6 Å². The van der Waals surface area contributed by atoms with E-state index in [1.807, 2.05) is 43.3 Å². The quantitative estimate of drug-likeness (QED) is 0.305. The zero-order valence-corrected chi connectivity index (χ0v) is 19.4. The average Bonchev–Trinajstić information content (AvgIpc) is 2.82. The molecular formula is C27H34N2O3. The number of esters is 1. The van der Waals surface area contributed by atoms with Crippen molar-refractivity contribution >= 4 is 11.7 Å². The number of nitrogens with zero attached hydrogens (tertiary/aromatic N) is 2. The molecule has 0 spiro atoms. The van der Waals surface area contributed by atoms with Crippen molar-refractivity contribution in [2.45, 2.75) is 38.9 Å². The Hall–Kier alpha value is -2.89. The Labute approximate surface area is 191 Å². The van der Waals surface area contributed by atoms with Crippen LogP contribution in [0.25, 0.3) is 0 Å². The van der Waals surface area contributed by atoms with Crippen molar-refractivity contribution in [3.05, 3.63) is 90.2 Å². The third-order valence-electron chi connectivity index (χ3n) is 5.97. The van der Waals surface area contributed by atoms with Crippen molar-refractivity contribution in [3.63, 3.8) is 0 Å². The van der Waals surface area contributed by atoms with E-state index in [0.717, 1.165) is 16.9 Å². The number of ether oxygens (including phenoxy) is 2. The molecule has 1 aliphatic rings. The molecule has 0 N–H and O–H groups in total. The lowest BCUT2D eigenvalue weighted by Gasteiger charge is -2.44. The van der Waals surface area contributed by atoms with Crippen LogP contribution in [0, 0.1) is 0 Å². The molecule has 3 rings (SSSR count). The van der Waals surface area contributed by atoms with Gasteiger partial charge in [0, 0.05) is 31.4 Å². The summed E-state index contributed by atoms with van der Waals surface area (Å²) in [6, 6.07) is 20.0. The molecule has 0 saturated carbocycles. The molecule has 2 aromatic rings. The molecule has 0 aliphatic carbocycles. The monoisotopic (exact) mass is 434 g/mol. The molecule has 1 heterocycles. The van der Waals surface area contributed by atoms with E-state index in [0.29, 0.717) is 32.8 Å². The Morgan fingerprint density at radius 2 is 1.81 bits per heavy atom. The zero-order valence-electron chi connectivity index (χ0n) is 19.4. The Kier molecular flexibility index (Phi) is 8.65. The fourth-order valence-corrected chi connectivity index (χ4v) is 4.28. The maximum absolute atomic E-state index is 13.1. The number of hydrogen-bond acceptors (Lipinski definition) is 5. The molecule has 1 aliphatic heterocycles. The molecule has 0 aromatic heterocycles. The number of benzene rings is 2.